The molecule has 0 saturated carbocycles. The Hall–Kier alpha value is -0.610. The van der Waals surface area contributed by atoms with Crippen LogP contribution in [-0.2, 0) is 9.53 Å². The van der Waals surface area contributed by atoms with Crippen LogP contribution in [0.5, 0.6) is 0 Å². The molecule has 0 amide bonds. The van der Waals surface area contributed by atoms with Crippen molar-refractivity contribution in [3.8, 4) is 0 Å². The van der Waals surface area contributed by atoms with Gasteiger partial charge in [0.2, 0.25) is 0 Å². The van der Waals surface area contributed by atoms with Crippen LogP contribution < -0.4 is 0 Å². The number of rotatable bonds is 7. The van der Waals surface area contributed by atoms with Gasteiger partial charge in [0.15, 0.2) is 0 Å². The summed E-state index contributed by atoms with van der Waals surface area (Å²) in [4.78, 5) is 12.9. The zero-order valence-electron chi connectivity index (χ0n) is 9.49. The van der Waals surface area contributed by atoms with Gasteiger partial charge in [-0.25, -0.2) is 0 Å². The summed E-state index contributed by atoms with van der Waals surface area (Å²) in [5, 5.41) is 9.00. The van der Waals surface area contributed by atoms with Crippen molar-refractivity contribution in [2.45, 2.75) is 26.8 Å². The molecule has 0 aromatic rings. The first-order chi connectivity index (χ1) is 6.52. The van der Waals surface area contributed by atoms with Crippen LogP contribution in [-0.4, -0.2) is 48.8 Å². The standard InChI is InChI=1S/C10H21NO3/c1-5-11(6-8(2)3)9(7-14-4)10(12)13/h8-9H,5-7H2,1-4H3,(H,12,13). The molecule has 0 bridgehead atoms. The molecule has 1 N–H and O–H groups in total. The third-order valence-electron chi connectivity index (χ3n) is 2.06. The number of aliphatic carboxylic acids is 1. The zero-order chi connectivity index (χ0) is 11.1. The molecule has 14 heavy (non-hydrogen) atoms. The fourth-order valence-electron chi connectivity index (χ4n) is 1.44. The fraction of sp³-hybridized carbons (Fsp3) is 0.900. The summed E-state index contributed by atoms with van der Waals surface area (Å²) in [5.74, 6) is -0.344. The fourth-order valence-corrected chi connectivity index (χ4v) is 1.44. The summed E-state index contributed by atoms with van der Waals surface area (Å²) in [6.45, 7) is 7.89. The maximum Gasteiger partial charge on any atom is 0.323 e. The molecule has 0 aliphatic carbocycles. The van der Waals surface area contributed by atoms with Gasteiger partial charge in [0.05, 0.1) is 6.61 Å². The average molecular weight is 203 g/mol. The van der Waals surface area contributed by atoms with E-state index in [1.807, 2.05) is 11.8 Å². The van der Waals surface area contributed by atoms with Gasteiger partial charge in [-0.1, -0.05) is 20.8 Å². The van der Waals surface area contributed by atoms with Crippen molar-refractivity contribution in [1.29, 1.82) is 0 Å². The maximum atomic E-state index is 10.9. The normalized spacial score (nSPS) is 13.6. The third-order valence-corrected chi connectivity index (χ3v) is 2.06. The molecule has 0 aromatic carbocycles. The molecule has 0 saturated heterocycles. The van der Waals surface area contributed by atoms with E-state index in [0.717, 1.165) is 13.1 Å². The molecule has 0 radical (unpaired) electrons. The predicted octanol–water partition coefficient (Wildman–Crippen LogP) is 1.06. The Morgan fingerprint density at radius 2 is 2.07 bits per heavy atom. The number of carbonyl (C=O) groups is 1. The van der Waals surface area contributed by atoms with Gasteiger partial charge in [0.25, 0.3) is 0 Å². The number of carboxylic acid groups (broad SMARTS) is 1. The molecule has 0 rings (SSSR count). The molecule has 1 atom stereocenters. The summed E-state index contributed by atoms with van der Waals surface area (Å²) >= 11 is 0. The Balaban J connectivity index is 4.33. The molecule has 0 aliphatic rings. The molecule has 4 heteroatoms. The first kappa shape index (κ1) is 13.4. The lowest BCUT2D eigenvalue weighted by atomic mass is 10.1. The average Bonchev–Trinajstić information content (AvgIpc) is 2.10. The van der Waals surface area contributed by atoms with Crippen molar-refractivity contribution in [2.24, 2.45) is 5.92 Å². The molecular weight excluding hydrogens is 182 g/mol. The van der Waals surface area contributed by atoms with E-state index in [1.165, 1.54) is 7.11 Å². The van der Waals surface area contributed by atoms with E-state index in [-0.39, 0.29) is 6.61 Å². The zero-order valence-corrected chi connectivity index (χ0v) is 9.49. The van der Waals surface area contributed by atoms with E-state index < -0.39 is 12.0 Å². The highest BCUT2D eigenvalue weighted by Gasteiger charge is 2.24. The van der Waals surface area contributed by atoms with Crippen molar-refractivity contribution in [3.63, 3.8) is 0 Å². The van der Waals surface area contributed by atoms with Crippen LogP contribution in [0.4, 0.5) is 0 Å². The maximum absolute atomic E-state index is 10.9. The number of hydrogen-bond acceptors (Lipinski definition) is 3. The van der Waals surface area contributed by atoms with Crippen LogP contribution in [0.1, 0.15) is 20.8 Å². The van der Waals surface area contributed by atoms with Crippen LogP contribution >= 0.6 is 0 Å². The van der Waals surface area contributed by atoms with Gasteiger partial charge in [0, 0.05) is 13.7 Å². The van der Waals surface area contributed by atoms with Crippen molar-refractivity contribution in [1.82, 2.24) is 4.90 Å². The molecule has 0 fully saturated rings. The van der Waals surface area contributed by atoms with E-state index >= 15 is 0 Å². The first-order valence-electron chi connectivity index (χ1n) is 4.98. The monoisotopic (exact) mass is 203 g/mol. The molecule has 1 unspecified atom stereocenters. The van der Waals surface area contributed by atoms with E-state index in [1.54, 1.807) is 0 Å². The Morgan fingerprint density at radius 3 is 2.36 bits per heavy atom. The summed E-state index contributed by atoms with van der Waals surface area (Å²) in [6, 6.07) is -0.521. The molecule has 0 aliphatic heterocycles. The minimum Gasteiger partial charge on any atom is -0.480 e. The molecular formula is C10H21NO3. The highest BCUT2D eigenvalue weighted by atomic mass is 16.5. The van der Waals surface area contributed by atoms with Gasteiger partial charge in [-0.3, -0.25) is 9.69 Å². The van der Waals surface area contributed by atoms with Crippen LogP contribution in [0, 0.1) is 5.92 Å². The smallest absolute Gasteiger partial charge is 0.323 e. The predicted molar refractivity (Wildman–Crippen MR) is 55.4 cm³/mol. The highest BCUT2D eigenvalue weighted by Crippen LogP contribution is 2.05. The van der Waals surface area contributed by atoms with Crippen molar-refractivity contribution in [3.05, 3.63) is 0 Å². The molecule has 84 valence electrons. The second-order valence-corrected chi connectivity index (χ2v) is 3.79. The lowest BCUT2D eigenvalue weighted by Crippen LogP contribution is -2.45. The van der Waals surface area contributed by atoms with Gasteiger partial charge in [-0.05, 0) is 12.5 Å². The third kappa shape index (κ3) is 4.58. The second-order valence-electron chi connectivity index (χ2n) is 3.79. The topological polar surface area (TPSA) is 49.8 Å². The summed E-state index contributed by atoms with van der Waals surface area (Å²) < 4.78 is 4.91. The van der Waals surface area contributed by atoms with Gasteiger partial charge >= 0.3 is 5.97 Å². The number of hydrogen-bond donors (Lipinski definition) is 1. The van der Waals surface area contributed by atoms with E-state index in [9.17, 15) is 4.79 Å². The van der Waals surface area contributed by atoms with Crippen LogP contribution in [0.25, 0.3) is 0 Å². The number of carboxylic acids is 1. The lowest BCUT2D eigenvalue weighted by molar-refractivity contribution is -0.145. The van der Waals surface area contributed by atoms with E-state index in [4.69, 9.17) is 9.84 Å². The molecule has 0 aromatic heterocycles. The Morgan fingerprint density at radius 1 is 1.50 bits per heavy atom. The van der Waals surface area contributed by atoms with Gasteiger partial charge in [0.1, 0.15) is 6.04 Å². The first-order valence-corrected chi connectivity index (χ1v) is 4.98. The van der Waals surface area contributed by atoms with Crippen molar-refractivity contribution >= 4 is 5.97 Å². The Kier molecular flexibility index (Phi) is 6.49. The minimum absolute atomic E-state index is 0.246. The van der Waals surface area contributed by atoms with E-state index in [2.05, 4.69) is 13.8 Å². The summed E-state index contributed by atoms with van der Waals surface area (Å²) in [7, 11) is 1.53. The summed E-state index contributed by atoms with van der Waals surface area (Å²) in [5.41, 5.74) is 0. The van der Waals surface area contributed by atoms with Crippen LogP contribution in [0.3, 0.4) is 0 Å². The number of nitrogens with zero attached hydrogens (tertiary/aromatic N) is 1. The van der Waals surface area contributed by atoms with Gasteiger partial charge < -0.3 is 9.84 Å². The van der Waals surface area contributed by atoms with Gasteiger partial charge in [-0.2, -0.15) is 0 Å². The largest absolute Gasteiger partial charge is 0.480 e. The number of methoxy groups -OCH3 is 1. The molecule has 0 spiro atoms. The lowest BCUT2D eigenvalue weighted by Gasteiger charge is -2.28. The molecule has 4 nitrogen and oxygen atoms in total. The van der Waals surface area contributed by atoms with Crippen molar-refractivity contribution < 1.29 is 14.6 Å². The van der Waals surface area contributed by atoms with Crippen molar-refractivity contribution in [2.75, 3.05) is 26.8 Å². The van der Waals surface area contributed by atoms with Crippen LogP contribution in [0.2, 0.25) is 0 Å². The SMILES string of the molecule is CCN(CC(C)C)C(COC)C(=O)O. The molecule has 0 heterocycles. The van der Waals surface area contributed by atoms with E-state index in [0.29, 0.717) is 5.92 Å². The summed E-state index contributed by atoms with van der Waals surface area (Å²) in [6.07, 6.45) is 0. The quantitative estimate of drug-likeness (QED) is 0.672. The minimum atomic E-state index is -0.811. The highest BCUT2D eigenvalue weighted by molar-refractivity contribution is 5.73. The number of ether oxygens (including phenoxy) is 1. The van der Waals surface area contributed by atoms with Crippen LogP contribution in [0.15, 0.2) is 0 Å². The second kappa shape index (κ2) is 6.79. The Labute approximate surface area is 85.9 Å². The Bertz CT molecular complexity index is 171. The number of likely N-dealkylation sites (N-methyl/N-ethyl adjacent to an activating group) is 1. The van der Waals surface area contributed by atoms with Gasteiger partial charge in [-0.15, -0.1) is 0 Å².